The van der Waals surface area contributed by atoms with Gasteiger partial charge in [0, 0.05) is 37.0 Å². The molecule has 18 heteroatoms. The van der Waals surface area contributed by atoms with Gasteiger partial charge in [-0.3, -0.25) is 24.0 Å². The van der Waals surface area contributed by atoms with E-state index in [1.54, 1.807) is 58.0 Å². The van der Waals surface area contributed by atoms with Gasteiger partial charge in [0.05, 0.1) is 18.6 Å². The Labute approximate surface area is 388 Å². The SMILES string of the molecule is C/C=C(\C)C(OC(=O)C(C)N)C(C)C(C/C=C(\C)C(=O)OC(CC(C)C)C(=O)NC(C)C(=O)N(C)C(Cc1ccc(Cl)cc1)C(=O)N(C)CC(=O)NC(C(=O)O)C(C)CC)OCSC. The molecular weight excluding hydrogens is 866 g/mol. The van der Waals surface area contributed by atoms with Crippen LogP contribution in [0.4, 0.5) is 0 Å². The third-order valence-corrected chi connectivity index (χ3v) is 11.5. The quantitative estimate of drug-likeness (QED) is 0.0388. The van der Waals surface area contributed by atoms with Crippen LogP contribution in [0, 0.1) is 17.8 Å². The van der Waals surface area contributed by atoms with Gasteiger partial charge in [-0.25, -0.2) is 9.59 Å². The maximum Gasteiger partial charge on any atom is 0.334 e. The Bertz CT molecular complexity index is 1790. The normalized spacial score (nSPS) is 16.2. The van der Waals surface area contributed by atoms with Crippen LogP contribution < -0.4 is 16.4 Å². The van der Waals surface area contributed by atoms with E-state index in [2.05, 4.69) is 10.6 Å². The Hall–Kier alpha value is -4.45. The third-order valence-electron chi connectivity index (χ3n) is 10.9. The minimum Gasteiger partial charge on any atom is -0.480 e. The van der Waals surface area contributed by atoms with E-state index in [0.717, 1.165) is 10.5 Å². The average molecular weight is 939 g/mol. The number of likely N-dealkylation sites (N-methyl/N-ethyl adjacent to an activating group) is 2. The van der Waals surface area contributed by atoms with Crippen molar-refractivity contribution in [3.8, 4) is 0 Å². The molecule has 64 heavy (non-hydrogen) atoms. The average Bonchev–Trinajstić information content (AvgIpc) is 3.24. The number of allylic oxidation sites excluding steroid dienone is 1. The lowest BCUT2D eigenvalue weighted by Gasteiger charge is -2.33. The van der Waals surface area contributed by atoms with Gasteiger partial charge in [-0.2, -0.15) is 0 Å². The molecule has 1 aromatic carbocycles. The zero-order valence-electron chi connectivity index (χ0n) is 39.8. The molecule has 0 heterocycles. The molecule has 1 aromatic rings. The summed E-state index contributed by atoms with van der Waals surface area (Å²) in [6, 6.07) is 2.34. The molecule has 0 saturated heterocycles. The van der Waals surface area contributed by atoms with Gasteiger partial charge in [0.1, 0.15) is 30.3 Å². The maximum absolute atomic E-state index is 14.0. The molecular formula is C46H72ClN5O11S. The van der Waals surface area contributed by atoms with E-state index < -0.39 is 90.6 Å². The molecule has 5 N–H and O–H groups in total. The van der Waals surface area contributed by atoms with Gasteiger partial charge >= 0.3 is 17.9 Å². The molecule has 360 valence electrons. The number of nitrogens with zero attached hydrogens (tertiary/aromatic N) is 2. The largest absolute Gasteiger partial charge is 0.480 e. The molecule has 0 aliphatic rings. The molecule has 0 bridgehead atoms. The summed E-state index contributed by atoms with van der Waals surface area (Å²) in [5.41, 5.74) is 7.46. The summed E-state index contributed by atoms with van der Waals surface area (Å²) >= 11 is 7.57. The standard InChI is InChI=1S/C46H72ClN5O11S/c1-14-27(5)39(44(57)58)50-38(53)24-51(11)43(56)35(23-33-17-19-34(47)20-18-33)52(12)42(55)32(10)49-41(54)37(22-26(3)4)62-45(59)29(7)16-21-36(61-25-64-13)30(8)40(28(6)15-2)63-46(60)31(9)48/h15-20,26-27,30-32,35-37,39-40H,14,21-25,48H2,1-13H3,(H,49,54)(H,50,53)(H,57,58)/b28-15+,29-16+. The first-order chi connectivity index (χ1) is 29.9. The maximum atomic E-state index is 14.0. The number of hydrogen-bond donors (Lipinski definition) is 4. The monoisotopic (exact) mass is 937 g/mol. The highest BCUT2D eigenvalue weighted by atomic mass is 35.5. The Kier molecular flexibility index (Phi) is 25.6. The number of nitrogens with two attached hydrogens (primary N) is 1. The molecule has 0 aliphatic heterocycles. The molecule has 0 aromatic heterocycles. The van der Waals surface area contributed by atoms with Crippen LogP contribution in [-0.2, 0) is 54.2 Å². The van der Waals surface area contributed by atoms with Crippen LogP contribution in [0.2, 0.25) is 5.02 Å². The number of thioether (sulfide) groups is 1. The van der Waals surface area contributed by atoms with E-state index in [1.165, 1.54) is 37.7 Å². The summed E-state index contributed by atoms with van der Waals surface area (Å²) in [7, 11) is 2.78. The highest BCUT2D eigenvalue weighted by molar-refractivity contribution is 7.98. The number of hydrogen-bond acceptors (Lipinski definition) is 12. The highest BCUT2D eigenvalue weighted by Gasteiger charge is 2.36. The number of carbonyl (C=O) groups excluding carboxylic acids is 6. The molecule has 0 radical (unpaired) electrons. The van der Waals surface area contributed by atoms with Gasteiger partial charge in [-0.15, -0.1) is 11.8 Å². The molecule has 9 atom stereocenters. The molecule has 16 nitrogen and oxygen atoms in total. The summed E-state index contributed by atoms with van der Waals surface area (Å²) in [4.78, 5) is 94.9. The first kappa shape index (κ1) is 57.6. The summed E-state index contributed by atoms with van der Waals surface area (Å²) in [6.45, 7) is 16.9. The zero-order chi connectivity index (χ0) is 49.0. The van der Waals surface area contributed by atoms with Gasteiger partial charge in [0.25, 0.3) is 5.91 Å². The number of carbonyl (C=O) groups is 7. The molecule has 1 rings (SSSR count). The molecule has 0 aliphatic carbocycles. The summed E-state index contributed by atoms with van der Waals surface area (Å²) in [6.07, 6.45) is 3.89. The molecule has 4 amide bonds. The number of carboxylic acids is 1. The van der Waals surface area contributed by atoms with Gasteiger partial charge in [-0.1, -0.05) is 76.9 Å². The van der Waals surface area contributed by atoms with Crippen molar-refractivity contribution in [1.29, 1.82) is 0 Å². The van der Waals surface area contributed by atoms with Gasteiger partial charge in [-0.05, 0) is 88.8 Å². The van der Waals surface area contributed by atoms with E-state index in [-0.39, 0.29) is 42.6 Å². The van der Waals surface area contributed by atoms with Crippen molar-refractivity contribution in [2.45, 2.75) is 137 Å². The van der Waals surface area contributed by atoms with Crippen LogP contribution >= 0.6 is 23.4 Å². The van der Waals surface area contributed by atoms with Crippen LogP contribution in [0.25, 0.3) is 0 Å². The highest BCUT2D eigenvalue weighted by Crippen LogP contribution is 2.26. The lowest BCUT2D eigenvalue weighted by atomic mass is 9.90. The fourth-order valence-electron chi connectivity index (χ4n) is 6.54. The van der Waals surface area contributed by atoms with Gasteiger partial charge in [0.15, 0.2) is 6.10 Å². The van der Waals surface area contributed by atoms with Gasteiger partial charge in [0.2, 0.25) is 17.7 Å². The van der Waals surface area contributed by atoms with Crippen LogP contribution in [0.15, 0.2) is 47.6 Å². The summed E-state index contributed by atoms with van der Waals surface area (Å²) in [5.74, 6) is -5.63. The first-order valence-electron chi connectivity index (χ1n) is 21.6. The Morgan fingerprint density at radius 2 is 1.55 bits per heavy atom. The number of nitrogens with one attached hydrogen (secondary N) is 2. The van der Waals surface area contributed by atoms with Crippen molar-refractivity contribution in [3.05, 3.63) is 58.1 Å². The van der Waals surface area contributed by atoms with Crippen LogP contribution in [0.1, 0.15) is 94.1 Å². The Morgan fingerprint density at radius 3 is 2.06 bits per heavy atom. The van der Waals surface area contributed by atoms with Crippen molar-refractivity contribution in [3.63, 3.8) is 0 Å². The van der Waals surface area contributed by atoms with E-state index >= 15 is 0 Å². The fourth-order valence-corrected chi connectivity index (χ4v) is 6.98. The van der Waals surface area contributed by atoms with Crippen molar-refractivity contribution in [1.82, 2.24) is 20.4 Å². The molecule has 0 spiro atoms. The van der Waals surface area contributed by atoms with E-state index in [1.807, 2.05) is 47.0 Å². The van der Waals surface area contributed by atoms with Gasteiger partial charge < -0.3 is 45.5 Å². The molecule has 9 unspecified atom stereocenters. The number of esters is 2. The Balaban J connectivity index is 3.31. The number of ether oxygens (including phenoxy) is 3. The third kappa shape index (κ3) is 18.9. The number of halogens is 1. The number of amides is 4. The van der Waals surface area contributed by atoms with Crippen molar-refractivity contribution in [2.24, 2.45) is 23.5 Å². The van der Waals surface area contributed by atoms with E-state index in [4.69, 9.17) is 31.5 Å². The van der Waals surface area contributed by atoms with Crippen LogP contribution in [-0.4, -0.2) is 132 Å². The second-order valence-electron chi connectivity index (χ2n) is 16.8. The molecule has 0 saturated carbocycles. The van der Waals surface area contributed by atoms with Crippen LogP contribution in [0.5, 0.6) is 0 Å². The smallest absolute Gasteiger partial charge is 0.334 e. The lowest BCUT2D eigenvalue weighted by molar-refractivity contribution is -0.154. The number of rotatable bonds is 27. The second kappa shape index (κ2) is 28.5. The fraction of sp³-hybridized carbons (Fsp3) is 0.630. The zero-order valence-corrected chi connectivity index (χ0v) is 41.3. The number of benzene rings is 1. The van der Waals surface area contributed by atoms with E-state index in [0.29, 0.717) is 22.9 Å². The minimum atomic E-state index is -1.28. The Morgan fingerprint density at radius 1 is 0.938 bits per heavy atom. The van der Waals surface area contributed by atoms with E-state index in [9.17, 15) is 38.7 Å². The van der Waals surface area contributed by atoms with Crippen LogP contribution in [0.3, 0.4) is 0 Å². The van der Waals surface area contributed by atoms with Crippen molar-refractivity contribution < 1.29 is 52.9 Å². The first-order valence-corrected chi connectivity index (χ1v) is 23.3. The summed E-state index contributed by atoms with van der Waals surface area (Å²) < 4.78 is 17.7. The van der Waals surface area contributed by atoms with Crippen molar-refractivity contribution in [2.75, 3.05) is 32.8 Å². The van der Waals surface area contributed by atoms with Crippen molar-refractivity contribution >= 4 is 64.9 Å². The molecule has 0 fully saturated rings. The lowest BCUT2D eigenvalue weighted by Crippen LogP contribution is -2.56. The second-order valence-corrected chi connectivity index (χ2v) is 18.0. The number of aliphatic carboxylic acids is 1. The topological polar surface area (TPSA) is 224 Å². The predicted octanol–water partition coefficient (Wildman–Crippen LogP) is 5.15. The number of carboxylic acid groups (broad SMARTS) is 1. The minimum absolute atomic E-state index is 0.0181. The predicted molar refractivity (Wildman–Crippen MR) is 249 cm³/mol. The summed E-state index contributed by atoms with van der Waals surface area (Å²) in [5, 5.41) is 15.3.